The molecular formula is C23H28N2O4. The van der Waals surface area contributed by atoms with Gasteiger partial charge in [0.1, 0.15) is 29.4 Å². The molecule has 0 unspecified atom stereocenters. The number of likely N-dealkylation sites (tertiary alicyclic amines) is 1. The second-order valence-electron chi connectivity index (χ2n) is 8.44. The fourth-order valence-electron chi connectivity index (χ4n) is 5.77. The fourth-order valence-corrected chi connectivity index (χ4v) is 5.77. The zero-order chi connectivity index (χ0) is 20.0. The first-order valence-electron chi connectivity index (χ1n) is 10.4. The number of hydrogen-bond acceptors (Lipinski definition) is 5. The average Bonchev–Trinajstić information content (AvgIpc) is 3.47. The molecule has 1 aromatic heterocycles. The minimum atomic E-state index is -0.349. The summed E-state index contributed by atoms with van der Waals surface area (Å²) in [5, 5.41) is 0. The molecular weight excluding hydrogens is 368 g/mol. The highest BCUT2D eigenvalue weighted by atomic mass is 16.5. The number of furan rings is 1. The van der Waals surface area contributed by atoms with Crippen LogP contribution in [0.25, 0.3) is 0 Å². The van der Waals surface area contributed by atoms with Gasteiger partial charge in [-0.15, -0.1) is 0 Å². The summed E-state index contributed by atoms with van der Waals surface area (Å²) in [5.74, 6) is 3.29. The number of ether oxygens (including phenoxy) is 2. The van der Waals surface area contributed by atoms with Crippen molar-refractivity contribution in [1.82, 2.24) is 9.80 Å². The average molecular weight is 396 g/mol. The van der Waals surface area contributed by atoms with Crippen molar-refractivity contribution in [2.24, 2.45) is 5.92 Å². The number of methoxy groups -OCH3 is 2. The molecule has 3 aliphatic heterocycles. The molecule has 0 bridgehead atoms. The Morgan fingerprint density at radius 3 is 2.97 bits per heavy atom. The molecule has 4 heterocycles. The van der Waals surface area contributed by atoms with Crippen LogP contribution in [-0.2, 0) is 22.7 Å². The molecule has 1 aromatic carbocycles. The molecule has 1 amide bonds. The van der Waals surface area contributed by atoms with Crippen molar-refractivity contribution in [2.75, 3.05) is 27.3 Å². The Labute approximate surface area is 171 Å². The molecule has 2 aromatic rings. The van der Waals surface area contributed by atoms with Crippen LogP contribution in [0.15, 0.2) is 40.8 Å². The van der Waals surface area contributed by atoms with Crippen LogP contribution in [0, 0.1) is 5.92 Å². The number of carbonyl (C=O) groups is 1. The van der Waals surface area contributed by atoms with Crippen molar-refractivity contribution in [3.8, 4) is 5.75 Å². The van der Waals surface area contributed by atoms with Crippen LogP contribution < -0.4 is 4.74 Å². The van der Waals surface area contributed by atoms with Crippen molar-refractivity contribution in [1.29, 1.82) is 0 Å². The first-order chi connectivity index (χ1) is 14.2. The first kappa shape index (κ1) is 18.7. The molecule has 3 aliphatic rings. The van der Waals surface area contributed by atoms with Crippen LogP contribution >= 0.6 is 0 Å². The van der Waals surface area contributed by atoms with E-state index >= 15 is 0 Å². The maximum atomic E-state index is 13.6. The van der Waals surface area contributed by atoms with Crippen LogP contribution in [0.1, 0.15) is 42.4 Å². The summed E-state index contributed by atoms with van der Waals surface area (Å²) in [5.41, 5.74) is 0.767. The van der Waals surface area contributed by atoms with Gasteiger partial charge in [0.05, 0.1) is 13.2 Å². The predicted molar refractivity (Wildman–Crippen MR) is 107 cm³/mol. The smallest absolute Gasteiger partial charge is 0.243 e. The van der Waals surface area contributed by atoms with Gasteiger partial charge in [-0.1, -0.05) is 12.1 Å². The highest BCUT2D eigenvalue weighted by Crippen LogP contribution is 2.56. The first-order valence-corrected chi connectivity index (χ1v) is 10.4. The molecule has 0 radical (unpaired) electrons. The summed E-state index contributed by atoms with van der Waals surface area (Å²) in [7, 11) is 3.35. The van der Waals surface area contributed by atoms with Gasteiger partial charge >= 0.3 is 0 Å². The van der Waals surface area contributed by atoms with Crippen molar-refractivity contribution in [2.45, 2.75) is 44.0 Å². The van der Waals surface area contributed by atoms with Crippen molar-refractivity contribution in [3.05, 3.63) is 53.5 Å². The van der Waals surface area contributed by atoms with Gasteiger partial charge < -0.3 is 18.8 Å². The summed E-state index contributed by atoms with van der Waals surface area (Å²) < 4.78 is 16.6. The van der Waals surface area contributed by atoms with E-state index in [0.717, 1.165) is 55.2 Å². The van der Waals surface area contributed by atoms with E-state index in [0.29, 0.717) is 19.1 Å². The lowest BCUT2D eigenvalue weighted by Crippen LogP contribution is -2.49. The van der Waals surface area contributed by atoms with Crippen LogP contribution in [-0.4, -0.2) is 48.6 Å². The fraction of sp³-hybridized carbons (Fsp3) is 0.522. The standard InChI is InChI=1S/C23H28N2O4/c1-27-15-19-7-8-21(29-19)20-12-17-14-24(13-16-5-3-6-18(11-16)28-2)22(26)23(17)9-4-10-25(20)23/h3,5-8,11,17,20H,4,9-10,12-15H2,1-2H3/t17-,20-,23-/m0/s1. The lowest BCUT2D eigenvalue weighted by atomic mass is 9.85. The van der Waals surface area contributed by atoms with Crippen LogP contribution in [0.5, 0.6) is 5.75 Å². The van der Waals surface area contributed by atoms with E-state index in [9.17, 15) is 4.79 Å². The van der Waals surface area contributed by atoms with E-state index in [2.05, 4.69) is 17.0 Å². The normalized spacial score (nSPS) is 28.8. The summed E-state index contributed by atoms with van der Waals surface area (Å²) in [6.45, 7) is 2.90. The highest BCUT2D eigenvalue weighted by Gasteiger charge is 2.65. The Kier molecular flexibility index (Phi) is 4.63. The number of nitrogens with zero attached hydrogens (tertiary/aromatic N) is 2. The van der Waals surface area contributed by atoms with Gasteiger partial charge in [0.2, 0.25) is 5.91 Å². The Morgan fingerprint density at radius 1 is 1.24 bits per heavy atom. The molecule has 6 nitrogen and oxygen atoms in total. The molecule has 1 spiro atoms. The predicted octanol–water partition coefficient (Wildman–Crippen LogP) is 3.37. The largest absolute Gasteiger partial charge is 0.497 e. The molecule has 0 saturated carbocycles. The zero-order valence-electron chi connectivity index (χ0n) is 17.1. The number of hydrogen-bond donors (Lipinski definition) is 0. The minimum absolute atomic E-state index is 0.191. The second kappa shape index (κ2) is 7.18. The minimum Gasteiger partial charge on any atom is -0.497 e. The van der Waals surface area contributed by atoms with E-state index in [1.165, 1.54) is 0 Å². The number of carbonyl (C=O) groups excluding carboxylic acids is 1. The molecule has 3 fully saturated rings. The monoisotopic (exact) mass is 396 g/mol. The van der Waals surface area contributed by atoms with Crippen molar-refractivity contribution >= 4 is 5.91 Å². The zero-order valence-corrected chi connectivity index (χ0v) is 17.1. The van der Waals surface area contributed by atoms with Gasteiger partial charge in [0.15, 0.2) is 0 Å². The topological polar surface area (TPSA) is 55.2 Å². The van der Waals surface area contributed by atoms with Gasteiger partial charge in [0, 0.05) is 32.7 Å². The number of amides is 1. The molecule has 6 heteroatoms. The van der Waals surface area contributed by atoms with Gasteiger partial charge in [-0.3, -0.25) is 9.69 Å². The van der Waals surface area contributed by atoms with E-state index in [1.807, 2.05) is 29.2 Å². The molecule has 3 saturated heterocycles. The lowest BCUT2D eigenvalue weighted by molar-refractivity contribution is -0.137. The maximum absolute atomic E-state index is 13.6. The molecule has 5 rings (SSSR count). The van der Waals surface area contributed by atoms with E-state index in [1.54, 1.807) is 14.2 Å². The third-order valence-electron chi connectivity index (χ3n) is 6.93. The van der Waals surface area contributed by atoms with E-state index in [4.69, 9.17) is 13.9 Å². The molecule has 154 valence electrons. The lowest BCUT2D eigenvalue weighted by Gasteiger charge is -2.32. The van der Waals surface area contributed by atoms with Crippen LogP contribution in [0.2, 0.25) is 0 Å². The molecule has 0 aliphatic carbocycles. The molecule has 29 heavy (non-hydrogen) atoms. The second-order valence-corrected chi connectivity index (χ2v) is 8.44. The highest BCUT2D eigenvalue weighted by molar-refractivity contribution is 5.90. The van der Waals surface area contributed by atoms with Gasteiger partial charge in [0.25, 0.3) is 0 Å². The van der Waals surface area contributed by atoms with Crippen molar-refractivity contribution in [3.63, 3.8) is 0 Å². The SMILES string of the molecule is COCc1ccc([C@@H]2C[C@H]3CN(Cc4cccc(OC)c4)C(=O)[C@]34CCCN24)o1. The Hall–Kier alpha value is -2.31. The van der Waals surface area contributed by atoms with Gasteiger partial charge in [-0.2, -0.15) is 0 Å². The third kappa shape index (κ3) is 2.89. The number of rotatable bonds is 6. The van der Waals surface area contributed by atoms with Gasteiger partial charge in [-0.05, 0) is 49.1 Å². The third-order valence-corrected chi connectivity index (χ3v) is 6.93. The van der Waals surface area contributed by atoms with Gasteiger partial charge in [-0.25, -0.2) is 0 Å². The Morgan fingerprint density at radius 2 is 2.14 bits per heavy atom. The quantitative estimate of drug-likeness (QED) is 0.749. The van der Waals surface area contributed by atoms with E-state index in [-0.39, 0.29) is 17.5 Å². The van der Waals surface area contributed by atoms with E-state index < -0.39 is 0 Å². The summed E-state index contributed by atoms with van der Waals surface area (Å²) in [6.07, 6.45) is 2.99. The maximum Gasteiger partial charge on any atom is 0.243 e. The summed E-state index contributed by atoms with van der Waals surface area (Å²) >= 11 is 0. The Bertz CT molecular complexity index is 910. The summed E-state index contributed by atoms with van der Waals surface area (Å²) in [6, 6.07) is 12.3. The van der Waals surface area contributed by atoms with Crippen LogP contribution in [0.3, 0.4) is 0 Å². The van der Waals surface area contributed by atoms with Crippen molar-refractivity contribution < 1.29 is 18.7 Å². The number of benzene rings is 1. The van der Waals surface area contributed by atoms with Crippen LogP contribution in [0.4, 0.5) is 0 Å². The molecule has 3 atom stereocenters. The molecule has 0 N–H and O–H groups in total. The Balaban J connectivity index is 1.37. The summed E-state index contributed by atoms with van der Waals surface area (Å²) in [4.78, 5) is 18.1.